The van der Waals surface area contributed by atoms with E-state index in [4.69, 9.17) is 4.42 Å². The molecule has 0 atom stereocenters. The molecule has 3 aromatic rings. The number of carbonyl (C=O) groups is 1. The van der Waals surface area contributed by atoms with E-state index in [9.17, 15) is 13.2 Å². The maximum atomic E-state index is 12.7. The Bertz CT molecular complexity index is 1190. The quantitative estimate of drug-likeness (QED) is 0.603. The molecule has 0 radical (unpaired) electrons. The summed E-state index contributed by atoms with van der Waals surface area (Å²) in [7, 11) is 0.734. The second-order valence-electron chi connectivity index (χ2n) is 7.94. The first-order valence-corrected chi connectivity index (χ1v) is 12.1. The van der Waals surface area contributed by atoms with Crippen molar-refractivity contribution in [2.24, 2.45) is 0 Å². The third kappa shape index (κ3) is 5.32. The van der Waals surface area contributed by atoms with Crippen LogP contribution in [0.5, 0.6) is 0 Å². The van der Waals surface area contributed by atoms with Crippen molar-refractivity contribution >= 4 is 27.4 Å². The molecule has 4 rings (SSSR count). The number of hydrogen-bond donors (Lipinski definition) is 1. The van der Waals surface area contributed by atoms with Gasteiger partial charge in [0.2, 0.25) is 5.89 Å². The van der Waals surface area contributed by atoms with Gasteiger partial charge in [-0.25, -0.2) is 8.42 Å². The first-order valence-electron chi connectivity index (χ1n) is 10.2. The molecule has 1 aliphatic rings. The summed E-state index contributed by atoms with van der Waals surface area (Å²) < 4.78 is 28.8. The van der Waals surface area contributed by atoms with Gasteiger partial charge in [-0.1, -0.05) is 17.2 Å². The molecule has 0 saturated carbocycles. The highest BCUT2D eigenvalue weighted by molar-refractivity contribution is 7.91. The lowest BCUT2D eigenvalue weighted by molar-refractivity contribution is 0.102. The van der Waals surface area contributed by atoms with Crippen LogP contribution in [0.1, 0.15) is 15.9 Å². The van der Waals surface area contributed by atoms with Crippen LogP contribution >= 0.6 is 0 Å². The largest absolute Gasteiger partial charge is 0.403 e. The van der Waals surface area contributed by atoms with Crippen molar-refractivity contribution in [1.29, 1.82) is 0 Å². The van der Waals surface area contributed by atoms with Crippen LogP contribution in [-0.2, 0) is 16.4 Å². The van der Waals surface area contributed by atoms with Crippen LogP contribution in [-0.4, -0.2) is 68.1 Å². The third-order valence-corrected chi connectivity index (χ3v) is 6.83. The fourth-order valence-corrected chi connectivity index (χ4v) is 4.67. The molecule has 2 aromatic carbocycles. The standard InChI is InChI=1S/C22H25N5O4S/c1-26(2)22-25-24-21(31-22)17-6-8-19(9-7-17)23-20(28)18-5-3-4-16(14-18)15-27-10-12-32(29,30)13-11-27/h3-9,14H,10-13,15H2,1-2H3,(H,23,28). The summed E-state index contributed by atoms with van der Waals surface area (Å²) in [6.45, 7) is 1.65. The lowest BCUT2D eigenvalue weighted by Gasteiger charge is -2.26. The van der Waals surface area contributed by atoms with Gasteiger partial charge in [0.25, 0.3) is 5.91 Å². The zero-order chi connectivity index (χ0) is 22.7. The highest BCUT2D eigenvalue weighted by Crippen LogP contribution is 2.23. The van der Waals surface area contributed by atoms with Gasteiger partial charge in [0.1, 0.15) is 0 Å². The summed E-state index contributed by atoms with van der Waals surface area (Å²) in [5, 5.41) is 10.9. The van der Waals surface area contributed by atoms with E-state index in [0.29, 0.717) is 42.8 Å². The highest BCUT2D eigenvalue weighted by Gasteiger charge is 2.21. The second kappa shape index (κ2) is 9.09. The van der Waals surface area contributed by atoms with Gasteiger partial charge in [0.15, 0.2) is 9.84 Å². The fraction of sp³-hybridized carbons (Fsp3) is 0.318. The predicted octanol–water partition coefficient (Wildman–Crippen LogP) is 2.29. The van der Waals surface area contributed by atoms with Crippen molar-refractivity contribution in [2.45, 2.75) is 6.54 Å². The summed E-state index contributed by atoms with van der Waals surface area (Å²) in [5.74, 6) is 0.560. The zero-order valence-corrected chi connectivity index (χ0v) is 18.8. The van der Waals surface area contributed by atoms with Crippen LogP contribution in [0.25, 0.3) is 11.5 Å². The minimum Gasteiger partial charge on any atom is -0.403 e. The van der Waals surface area contributed by atoms with Gasteiger partial charge in [-0.15, -0.1) is 5.10 Å². The molecule has 1 aromatic heterocycles. The van der Waals surface area contributed by atoms with Gasteiger partial charge in [-0.05, 0) is 42.0 Å². The molecule has 32 heavy (non-hydrogen) atoms. The molecule has 9 nitrogen and oxygen atoms in total. The average Bonchev–Trinajstić information content (AvgIpc) is 3.27. The van der Waals surface area contributed by atoms with E-state index in [1.807, 2.05) is 44.4 Å². The van der Waals surface area contributed by atoms with E-state index in [1.54, 1.807) is 23.1 Å². The number of anilines is 2. The lowest BCUT2D eigenvalue weighted by Crippen LogP contribution is -2.39. The van der Waals surface area contributed by atoms with E-state index < -0.39 is 9.84 Å². The minimum atomic E-state index is -2.91. The van der Waals surface area contributed by atoms with Crippen LogP contribution in [0.3, 0.4) is 0 Å². The first kappa shape index (κ1) is 22.0. The number of carbonyl (C=O) groups excluding carboxylic acids is 1. The Labute approximate surface area is 187 Å². The molecule has 2 heterocycles. The Morgan fingerprint density at radius 3 is 2.47 bits per heavy atom. The van der Waals surface area contributed by atoms with Crippen molar-refractivity contribution in [1.82, 2.24) is 15.1 Å². The van der Waals surface area contributed by atoms with Gasteiger partial charge in [-0.2, -0.15) is 0 Å². The summed E-state index contributed by atoms with van der Waals surface area (Å²) in [6, 6.07) is 15.0. The van der Waals surface area contributed by atoms with Crippen LogP contribution in [0, 0.1) is 0 Å². The molecule has 10 heteroatoms. The predicted molar refractivity (Wildman–Crippen MR) is 122 cm³/mol. The Morgan fingerprint density at radius 2 is 1.81 bits per heavy atom. The number of amides is 1. The summed E-state index contributed by atoms with van der Waals surface area (Å²) >= 11 is 0. The molecule has 168 valence electrons. The molecule has 0 spiro atoms. The smallest absolute Gasteiger partial charge is 0.317 e. The van der Waals surface area contributed by atoms with Crippen molar-refractivity contribution in [3.63, 3.8) is 0 Å². The summed E-state index contributed by atoms with van der Waals surface area (Å²) in [5.41, 5.74) is 2.93. The van der Waals surface area contributed by atoms with E-state index in [-0.39, 0.29) is 17.4 Å². The highest BCUT2D eigenvalue weighted by atomic mass is 32.2. The topological polar surface area (TPSA) is 109 Å². The fourth-order valence-electron chi connectivity index (χ4n) is 3.39. The Kier molecular flexibility index (Phi) is 6.24. The number of benzene rings is 2. The average molecular weight is 456 g/mol. The van der Waals surface area contributed by atoms with Gasteiger partial charge in [0.05, 0.1) is 11.5 Å². The van der Waals surface area contributed by atoms with Gasteiger partial charge < -0.3 is 14.6 Å². The van der Waals surface area contributed by atoms with Gasteiger partial charge in [-0.3, -0.25) is 9.69 Å². The normalized spacial score (nSPS) is 15.9. The molecule has 1 N–H and O–H groups in total. The molecule has 1 aliphatic heterocycles. The van der Waals surface area contributed by atoms with E-state index >= 15 is 0 Å². The van der Waals surface area contributed by atoms with Crippen molar-refractivity contribution in [3.05, 3.63) is 59.7 Å². The van der Waals surface area contributed by atoms with E-state index in [0.717, 1.165) is 11.1 Å². The summed E-state index contributed by atoms with van der Waals surface area (Å²) in [6.07, 6.45) is 0. The van der Waals surface area contributed by atoms with Gasteiger partial charge >= 0.3 is 6.01 Å². The number of aromatic nitrogens is 2. The molecule has 1 amide bonds. The Morgan fingerprint density at radius 1 is 1.09 bits per heavy atom. The molecular formula is C22H25N5O4S. The molecular weight excluding hydrogens is 430 g/mol. The minimum absolute atomic E-state index is 0.184. The van der Waals surface area contributed by atoms with Crippen molar-refractivity contribution < 1.29 is 17.6 Å². The monoisotopic (exact) mass is 455 g/mol. The maximum Gasteiger partial charge on any atom is 0.317 e. The maximum absolute atomic E-state index is 12.7. The van der Waals surface area contributed by atoms with Crippen LogP contribution in [0.2, 0.25) is 0 Å². The third-order valence-electron chi connectivity index (χ3n) is 5.22. The molecule has 0 bridgehead atoms. The molecule has 0 aliphatic carbocycles. The zero-order valence-electron chi connectivity index (χ0n) is 18.0. The van der Waals surface area contributed by atoms with E-state index in [2.05, 4.69) is 20.4 Å². The number of hydrogen-bond acceptors (Lipinski definition) is 8. The number of sulfone groups is 1. The first-order chi connectivity index (χ1) is 15.3. The Hall–Kier alpha value is -3.24. The van der Waals surface area contributed by atoms with Crippen LogP contribution < -0.4 is 10.2 Å². The van der Waals surface area contributed by atoms with Crippen LogP contribution in [0.4, 0.5) is 11.7 Å². The van der Waals surface area contributed by atoms with E-state index in [1.165, 1.54) is 0 Å². The molecule has 1 fully saturated rings. The lowest BCUT2D eigenvalue weighted by atomic mass is 10.1. The number of rotatable bonds is 6. The van der Waals surface area contributed by atoms with Gasteiger partial charge in [0, 0.05) is 50.5 Å². The van der Waals surface area contributed by atoms with Crippen LogP contribution in [0.15, 0.2) is 52.9 Å². The van der Waals surface area contributed by atoms with Crippen molar-refractivity contribution in [2.75, 3.05) is 48.9 Å². The SMILES string of the molecule is CN(C)c1nnc(-c2ccc(NC(=O)c3cccc(CN4CCS(=O)(=O)CC4)c3)cc2)o1. The molecule has 1 saturated heterocycles. The number of nitrogens with one attached hydrogen (secondary N) is 1. The second-order valence-corrected chi connectivity index (χ2v) is 10.2. The van der Waals surface area contributed by atoms with Crippen molar-refractivity contribution in [3.8, 4) is 11.5 Å². The summed E-state index contributed by atoms with van der Waals surface area (Å²) in [4.78, 5) is 16.5. The Balaban J connectivity index is 1.39. The molecule has 0 unspecified atom stereocenters. The number of nitrogens with zero attached hydrogens (tertiary/aromatic N) is 4.